The molecule has 2 heterocycles. The number of methoxy groups -OCH3 is 1. The Bertz CT molecular complexity index is 1320. The third kappa shape index (κ3) is 4.85. The number of hydrogen-bond acceptors (Lipinski definition) is 4. The number of rotatable bonds is 9. The van der Waals surface area contributed by atoms with E-state index in [4.69, 9.17) is 14.5 Å². The van der Waals surface area contributed by atoms with Crippen molar-refractivity contribution in [1.82, 2.24) is 9.55 Å². The van der Waals surface area contributed by atoms with Crippen LogP contribution >= 0.6 is 0 Å². The topological polar surface area (TPSA) is 56.6 Å². The summed E-state index contributed by atoms with van der Waals surface area (Å²) in [4.78, 5) is 19.5. The van der Waals surface area contributed by atoms with Crippen LogP contribution in [0.3, 0.4) is 0 Å². The van der Waals surface area contributed by atoms with E-state index in [-0.39, 0.29) is 17.6 Å². The van der Waals surface area contributed by atoms with Gasteiger partial charge in [0.15, 0.2) is 11.5 Å². The predicted octanol–water partition coefficient (Wildman–Crippen LogP) is 5.56. The first-order chi connectivity index (χ1) is 17.1. The van der Waals surface area contributed by atoms with Crippen molar-refractivity contribution >= 4 is 22.6 Å². The second-order valence-corrected chi connectivity index (χ2v) is 8.70. The lowest BCUT2D eigenvalue weighted by Crippen LogP contribution is -2.24. The smallest absolute Gasteiger partial charge is 0.227 e. The van der Waals surface area contributed by atoms with E-state index in [1.807, 2.05) is 42.5 Å². The van der Waals surface area contributed by atoms with Crippen molar-refractivity contribution in [2.45, 2.75) is 31.7 Å². The Hall–Kier alpha value is -3.87. The van der Waals surface area contributed by atoms with Gasteiger partial charge < -0.3 is 18.9 Å². The monoisotopic (exact) mass is 473 g/mol. The minimum absolute atomic E-state index is 0.0233. The van der Waals surface area contributed by atoms with Gasteiger partial charge in [-0.1, -0.05) is 24.3 Å². The Morgan fingerprint density at radius 1 is 0.971 bits per heavy atom. The number of imidazole rings is 1. The van der Waals surface area contributed by atoms with E-state index < -0.39 is 0 Å². The Morgan fingerprint density at radius 2 is 1.71 bits per heavy atom. The number of hydrogen-bond donors (Lipinski definition) is 0. The van der Waals surface area contributed by atoms with Gasteiger partial charge in [0.1, 0.15) is 11.6 Å². The third-order valence-corrected chi connectivity index (χ3v) is 6.42. The molecule has 0 spiro atoms. The molecule has 6 nitrogen and oxygen atoms in total. The van der Waals surface area contributed by atoms with E-state index in [1.165, 1.54) is 12.1 Å². The zero-order valence-electron chi connectivity index (χ0n) is 19.7. The van der Waals surface area contributed by atoms with E-state index in [0.717, 1.165) is 53.4 Å². The number of para-hydroxylation sites is 4. The van der Waals surface area contributed by atoms with Crippen molar-refractivity contribution in [3.05, 3.63) is 84.4 Å². The van der Waals surface area contributed by atoms with Gasteiger partial charge in [0, 0.05) is 31.1 Å². The van der Waals surface area contributed by atoms with Gasteiger partial charge in [0.25, 0.3) is 0 Å². The number of ether oxygens (including phenoxy) is 2. The van der Waals surface area contributed by atoms with Gasteiger partial charge in [-0.2, -0.15) is 0 Å². The highest BCUT2D eigenvalue weighted by molar-refractivity contribution is 5.96. The van der Waals surface area contributed by atoms with Crippen molar-refractivity contribution in [1.29, 1.82) is 0 Å². The van der Waals surface area contributed by atoms with Crippen LogP contribution in [0.2, 0.25) is 0 Å². The van der Waals surface area contributed by atoms with Crippen molar-refractivity contribution in [3.8, 4) is 11.5 Å². The van der Waals surface area contributed by atoms with Crippen LogP contribution in [0.4, 0.5) is 10.1 Å². The molecule has 1 saturated heterocycles. The molecule has 35 heavy (non-hydrogen) atoms. The minimum Gasteiger partial charge on any atom is -0.493 e. The molecule has 1 aliphatic rings. The number of nitrogens with zero attached hydrogens (tertiary/aromatic N) is 3. The van der Waals surface area contributed by atoms with E-state index in [9.17, 15) is 9.18 Å². The molecule has 1 aromatic heterocycles. The van der Waals surface area contributed by atoms with Crippen molar-refractivity contribution < 1.29 is 18.7 Å². The molecule has 1 fully saturated rings. The minimum atomic E-state index is -0.312. The number of carbonyl (C=O) groups excluding carboxylic acids is 1. The summed E-state index contributed by atoms with van der Waals surface area (Å²) in [6, 6.07) is 21.8. The van der Waals surface area contributed by atoms with Crippen LogP contribution in [-0.2, 0) is 11.3 Å². The molecular weight excluding hydrogens is 445 g/mol. The number of fused-ring (bicyclic) bond motifs is 1. The average molecular weight is 474 g/mol. The Kier molecular flexibility index (Phi) is 6.66. The molecule has 1 atom stereocenters. The summed E-state index contributed by atoms with van der Waals surface area (Å²) < 4.78 is 26.9. The fourth-order valence-corrected chi connectivity index (χ4v) is 4.68. The first kappa shape index (κ1) is 22.9. The van der Waals surface area contributed by atoms with E-state index in [2.05, 4.69) is 10.6 Å². The molecule has 4 aromatic rings. The quantitative estimate of drug-likeness (QED) is 0.299. The third-order valence-electron chi connectivity index (χ3n) is 6.42. The number of benzene rings is 3. The molecule has 7 heteroatoms. The summed E-state index contributed by atoms with van der Waals surface area (Å²) >= 11 is 0. The van der Waals surface area contributed by atoms with Gasteiger partial charge in [-0.05, 0) is 61.4 Å². The molecule has 3 aromatic carbocycles. The number of amides is 1. The van der Waals surface area contributed by atoms with Crippen molar-refractivity contribution in [2.75, 3.05) is 25.2 Å². The molecular formula is C28H28FN3O3. The Morgan fingerprint density at radius 3 is 2.51 bits per heavy atom. The fraction of sp³-hybridized carbons (Fsp3) is 0.286. The fourth-order valence-electron chi connectivity index (χ4n) is 4.68. The van der Waals surface area contributed by atoms with Gasteiger partial charge in [0.05, 0.1) is 24.8 Å². The molecule has 0 bridgehead atoms. The first-order valence-corrected chi connectivity index (χ1v) is 11.9. The number of aromatic nitrogens is 2. The molecule has 0 aliphatic carbocycles. The number of anilines is 1. The highest BCUT2D eigenvalue weighted by Crippen LogP contribution is 2.33. The SMILES string of the molecule is COc1ccccc1OCCCCn1c(C2CC(=O)N(c3ccc(F)cc3)C2)nc2ccccc21. The standard InChI is InChI=1S/C28H28FN3O3/c1-34-25-10-4-5-11-26(25)35-17-7-6-16-31-24-9-3-2-8-23(24)30-28(31)20-18-27(33)32(19-20)22-14-12-21(29)13-15-22/h2-5,8-15,20H,6-7,16-19H2,1H3. The zero-order valence-corrected chi connectivity index (χ0v) is 19.7. The van der Waals surface area contributed by atoms with Gasteiger partial charge in [-0.15, -0.1) is 0 Å². The number of carbonyl (C=O) groups is 1. The van der Waals surface area contributed by atoms with E-state index in [0.29, 0.717) is 19.6 Å². The molecule has 1 amide bonds. The molecule has 0 radical (unpaired) electrons. The maximum atomic E-state index is 13.4. The van der Waals surface area contributed by atoms with E-state index in [1.54, 1.807) is 24.1 Å². The van der Waals surface area contributed by atoms with Gasteiger partial charge >= 0.3 is 0 Å². The highest BCUT2D eigenvalue weighted by Gasteiger charge is 2.34. The van der Waals surface area contributed by atoms with Crippen LogP contribution in [0.5, 0.6) is 11.5 Å². The largest absolute Gasteiger partial charge is 0.493 e. The van der Waals surface area contributed by atoms with Crippen LogP contribution in [0, 0.1) is 5.82 Å². The van der Waals surface area contributed by atoms with Gasteiger partial charge in [-0.25, -0.2) is 9.37 Å². The summed E-state index contributed by atoms with van der Waals surface area (Å²) in [5.74, 6) is 2.10. The normalized spacial score (nSPS) is 15.7. The molecule has 180 valence electrons. The van der Waals surface area contributed by atoms with Gasteiger partial charge in [0.2, 0.25) is 5.91 Å². The second kappa shape index (κ2) is 10.2. The maximum absolute atomic E-state index is 13.4. The Labute approximate surface area is 203 Å². The summed E-state index contributed by atoms with van der Waals surface area (Å²) in [5, 5.41) is 0. The van der Waals surface area contributed by atoms with Crippen molar-refractivity contribution in [2.24, 2.45) is 0 Å². The Balaban J connectivity index is 1.29. The van der Waals surface area contributed by atoms with Crippen LogP contribution in [0.25, 0.3) is 11.0 Å². The summed E-state index contributed by atoms with van der Waals surface area (Å²) in [6.07, 6.45) is 2.16. The number of halogens is 1. The lowest BCUT2D eigenvalue weighted by molar-refractivity contribution is -0.117. The van der Waals surface area contributed by atoms with Crippen LogP contribution in [0.1, 0.15) is 31.0 Å². The molecule has 0 saturated carbocycles. The first-order valence-electron chi connectivity index (χ1n) is 11.9. The number of aryl methyl sites for hydroxylation is 1. The molecule has 1 aliphatic heterocycles. The zero-order chi connectivity index (χ0) is 24.2. The summed E-state index contributed by atoms with van der Waals surface area (Å²) in [7, 11) is 1.64. The van der Waals surface area contributed by atoms with Crippen LogP contribution in [0.15, 0.2) is 72.8 Å². The second-order valence-electron chi connectivity index (χ2n) is 8.70. The molecule has 5 rings (SSSR count). The van der Waals surface area contributed by atoms with Crippen LogP contribution in [-0.4, -0.2) is 35.7 Å². The van der Waals surface area contributed by atoms with Crippen LogP contribution < -0.4 is 14.4 Å². The lowest BCUT2D eigenvalue weighted by Gasteiger charge is -2.17. The summed E-state index contributed by atoms with van der Waals surface area (Å²) in [6.45, 7) is 1.90. The van der Waals surface area contributed by atoms with E-state index >= 15 is 0 Å². The van der Waals surface area contributed by atoms with Crippen molar-refractivity contribution in [3.63, 3.8) is 0 Å². The van der Waals surface area contributed by atoms with Gasteiger partial charge in [-0.3, -0.25) is 4.79 Å². The summed E-state index contributed by atoms with van der Waals surface area (Å²) in [5.41, 5.74) is 2.72. The molecule has 1 unspecified atom stereocenters. The number of unbranched alkanes of at least 4 members (excludes halogenated alkanes) is 1. The predicted molar refractivity (Wildman–Crippen MR) is 134 cm³/mol. The molecule has 0 N–H and O–H groups in total. The lowest BCUT2D eigenvalue weighted by atomic mass is 10.1. The highest BCUT2D eigenvalue weighted by atomic mass is 19.1. The maximum Gasteiger partial charge on any atom is 0.227 e. The average Bonchev–Trinajstić information content (AvgIpc) is 3.45.